The summed E-state index contributed by atoms with van der Waals surface area (Å²) in [5, 5.41) is 7.78. The monoisotopic (exact) mass is 400 g/mol. The molecule has 0 atom stereocenters. The fraction of sp³-hybridized carbons (Fsp3) is 0.222. The van der Waals surface area contributed by atoms with Gasteiger partial charge in [0, 0.05) is 6.04 Å². The minimum Gasteiger partial charge on any atom is -0.335 e. The number of urea groups is 1. The zero-order valence-electron chi connectivity index (χ0n) is 14.2. The summed E-state index contributed by atoms with van der Waals surface area (Å²) >= 11 is 2.50. The Hall–Kier alpha value is -2.65. The number of thiophene rings is 1. The van der Waals surface area contributed by atoms with Gasteiger partial charge in [0.2, 0.25) is 5.91 Å². The number of carbonyl (C=O) groups excluding carboxylic acids is 2. The molecule has 9 heteroatoms. The topological polar surface area (TPSA) is 93.1 Å². The van der Waals surface area contributed by atoms with E-state index in [0.717, 1.165) is 24.6 Å². The zero-order chi connectivity index (χ0) is 18.8. The molecule has 1 aliphatic rings. The summed E-state index contributed by atoms with van der Waals surface area (Å²) in [6, 6.07) is 10.6. The molecule has 0 spiro atoms. The highest BCUT2D eigenvalue weighted by Crippen LogP contribution is 2.23. The van der Waals surface area contributed by atoms with E-state index in [9.17, 15) is 14.4 Å². The molecule has 3 amide bonds. The summed E-state index contributed by atoms with van der Waals surface area (Å²) in [6.45, 7) is 0. The van der Waals surface area contributed by atoms with Crippen molar-refractivity contribution in [1.29, 1.82) is 0 Å². The first-order valence-corrected chi connectivity index (χ1v) is 10.3. The molecule has 2 aromatic heterocycles. The summed E-state index contributed by atoms with van der Waals surface area (Å²) in [5.41, 5.74) is 0.499. The number of thioether (sulfide) groups is 1. The molecule has 0 saturated heterocycles. The molecule has 0 radical (unpaired) electrons. The van der Waals surface area contributed by atoms with Crippen molar-refractivity contribution < 1.29 is 9.59 Å². The van der Waals surface area contributed by atoms with Gasteiger partial charge < -0.3 is 5.32 Å². The Bertz CT molecular complexity index is 1060. The molecule has 4 rings (SSSR count). The lowest BCUT2D eigenvalue weighted by molar-refractivity contribution is -0.117. The molecular formula is C18H16N4O3S2. The van der Waals surface area contributed by atoms with Gasteiger partial charge in [0.05, 0.1) is 16.8 Å². The van der Waals surface area contributed by atoms with Gasteiger partial charge in [-0.3, -0.25) is 19.5 Å². The molecule has 2 N–H and O–H groups in total. The first kappa shape index (κ1) is 17.7. The van der Waals surface area contributed by atoms with Gasteiger partial charge in [0.1, 0.15) is 4.83 Å². The number of carbonyl (C=O) groups is 2. The lowest BCUT2D eigenvalue weighted by Gasteiger charge is -2.12. The predicted molar refractivity (Wildman–Crippen MR) is 106 cm³/mol. The minimum atomic E-state index is -0.481. The maximum absolute atomic E-state index is 12.9. The Morgan fingerprint density at radius 2 is 2.00 bits per heavy atom. The van der Waals surface area contributed by atoms with Gasteiger partial charge in [0.25, 0.3) is 5.56 Å². The highest BCUT2D eigenvalue weighted by Gasteiger charge is 2.24. The number of aromatic nitrogens is 2. The van der Waals surface area contributed by atoms with Crippen LogP contribution in [0.4, 0.5) is 4.79 Å². The van der Waals surface area contributed by atoms with Crippen LogP contribution in [0.25, 0.3) is 15.9 Å². The second-order valence-corrected chi connectivity index (χ2v) is 7.93. The van der Waals surface area contributed by atoms with E-state index in [1.54, 1.807) is 6.07 Å². The van der Waals surface area contributed by atoms with E-state index in [1.807, 2.05) is 35.7 Å². The largest absolute Gasteiger partial charge is 0.335 e. The summed E-state index contributed by atoms with van der Waals surface area (Å²) < 4.78 is 1.50. The third-order valence-corrected chi connectivity index (χ3v) is 5.72. The number of imide groups is 1. The van der Waals surface area contributed by atoms with Crippen molar-refractivity contribution in [3.8, 4) is 5.69 Å². The third kappa shape index (κ3) is 4.04. The standard InChI is InChI=1S/C18H16N4O3S2/c23-14(20-17(25)19-11-6-7-11)10-27-18-21-15-13(8-9-26-15)16(24)22(18)12-4-2-1-3-5-12/h1-5,8-9,11H,6-7,10H2,(H2,19,20,23,25). The van der Waals surface area contributed by atoms with Crippen LogP contribution in [0.1, 0.15) is 12.8 Å². The van der Waals surface area contributed by atoms with Crippen LogP contribution < -0.4 is 16.2 Å². The molecule has 27 heavy (non-hydrogen) atoms. The number of nitrogens with one attached hydrogen (secondary N) is 2. The molecule has 1 saturated carbocycles. The Morgan fingerprint density at radius 3 is 2.74 bits per heavy atom. The summed E-state index contributed by atoms with van der Waals surface area (Å²) in [7, 11) is 0. The van der Waals surface area contributed by atoms with Gasteiger partial charge in [0.15, 0.2) is 5.16 Å². The lowest BCUT2D eigenvalue weighted by atomic mass is 10.3. The normalized spacial score (nSPS) is 13.5. The van der Waals surface area contributed by atoms with Gasteiger partial charge in [-0.2, -0.15) is 0 Å². The van der Waals surface area contributed by atoms with Crippen LogP contribution in [-0.2, 0) is 4.79 Å². The Balaban J connectivity index is 1.57. The van der Waals surface area contributed by atoms with Crippen molar-refractivity contribution in [3.63, 3.8) is 0 Å². The smallest absolute Gasteiger partial charge is 0.321 e. The molecule has 1 aromatic carbocycles. The van der Waals surface area contributed by atoms with Gasteiger partial charge in [-0.1, -0.05) is 30.0 Å². The maximum atomic E-state index is 12.9. The molecule has 2 heterocycles. The number of amides is 3. The number of hydrogen-bond acceptors (Lipinski definition) is 6. The third-order valence-electron chi connectivity index (χ3n) is 3.98. The highest BCUT2D eigenvalue weighted by atomic mass is 32.2. The van der Waals surface area contributed by atoms with Crippen molar-refractivity contribution in [3.05, 3.63) is 52.1 Å². The van der Waals surface area contributed by atoms with Crippen LogP contribution >= 0.6 is 23.1 Å². The van der Waals surface area contributed by atoms with Crippen LogP contribution in [0.2, 0.25) is 0 Å². The van der Waals surface area contributed by atoms with E-state index in [0.29, 0.717) is 21.1 Å². The number of hydrogen-bond donors (Lipinski definition) is 2. The van der Waals surface area contributed by atoms with Crippen molar-refractivity contribution in [2.24, 2.45) is 0 Å². The van der Waals surface area contributed by atoms with Gasteiger partial charge in [-0.25, -0.2) is 9.78 Å². The van der Waals surface area contributed by atoms with Crippen molar-refractivity contribution in [2.45, 2.75) is 24.0 Å². The zero-order valence-corrected chi connectivity index (χ0v) is 15.8. The molecule has 0 unspecified atom stereocenters. The van der Waals surface area contributed by atoms with Crippen LogP contribution in [0.5, 0.6) is 0 Å². The summed E-state index contributed by atoms with van der Waals surface area (Å²) in [5.74, 6) is -0.452. The molecular weight excluding hydrogens is 384 g/mol. The SMILES string of the molecule is O=C(CSc1nc2sccc2c(=O)n1-c1ccccc1)NC(=O)NC1CC1. The Labute approximate surface area is 162 Å². The average molecular weight is 400 g/mol. The fourth-order valence-corrected chi connectivity index (χ4v) is 4.16. The predicted octanol–water partition coefficient (Wildman–Crippen LogP) is 2.53. The second-order valence-electron chi connectivity index (χ2n) is 6.09. The number of nitrogens with zero attached hydrogens (tertiary/aromatic N) is 2. The first-order valence-electron chi connectivity index (χ1n) is 8.40. The molecule has 138 valence electrons. The average Bonchev–Trinajstić information content (AvgIpc) is 3.33. The number of para-hydroxylation sites is 1. The number of rotatable bonds is 5. The van der Waals surface area contributed by atoms with E-state index in [2.05, 4.69) is 15.6 Å². The van der Waals surface area contributed by atoms with E-state index < -0.39 is 11.9 Å². The minimum absolute atomic E-state index is 0.0196. The number of benzene rings is 1. The summed E-state index contributed by atoms with van der Waals surface area (Å²) in [4.78, 5) is 41.8. The summed E-state index contributed by atoms with van der Waals surface area (Å²) in [6.07, 6.45) is 1.90. The van der Waals surface area contributed by atoms with Gasteiger partial charge in [-0.15, -0.1) is 11.3 Å². The second kappa shape index (κ2) is 7.53. The molecule has 1 fully saturated rings. The fourth-order valence-electron chi connectivity index (χ4n) is 2.54. The maximum Gasteiger partial charge on any atom is 0.321 e. The van der Waals surface area contributed by atoms with Crippen LogP contribution in [0.3, 0.4) is 0 Å². The molecule has 0 aliphatic heterocycles. The van der Waals surface area contributed by atoms with Gasteiger partial charge >= 0.3 is 6.03 Å². The number of fused-ring (bicyclic) bond motifs is 1. The van der Waals surface area contributed by atoms with Crippen LogP contribution in [0, 0.1) is 0 Å². The molecule has 0 bridgehead atoms. The van der Waals surface area contributed by atoms with E-state index >= 15 is 0 Å². The van der Waals surface area contributed by atoms with Crippen LogP contribution in [0.15, 0.2) is 51.7 Å². The highest BCUT2D eigenvalue weighted by molar-refractivity contribution is 7.99. The van der Waals surface area contributed by atoms with E-state index in [4.69, 9.17) is 0 Å². The Morgan fingerprint density at radius 1 is 1.22 bits per heavy atom. The van der Waals surface area contributed by atoms with E-state index in [-0.39, 0.29) is 17.4 Å². The molecule has 3 aromatic rings. The Kier molecular flexibility index (Phi) is 4.95. The molecule has 7 nitrogen and oxygen atoms in total. The van der Waals surface area contributed by atoms with Gasteiger partial charge in [-0.05, 0) is 36.4 Å². The van der Waals surface area contributed by atoms with Crippen molar-refractivity contribution >= 4 is 45.3 Å². The first-order chi connectivity index (χ1) is 13.1. The quantitative estimate of drug-likeness (QED) is 0.507. The van der Waals surface area contributed by atoms with Crippen molar-refractivity contribution in [2.75, 3.05) is 5.75 Å². The van der Waals surface area contributed by atoms with Crippen LogP contribution in [-0.4, -0.2) is 33.3 Å². The lowest BCUT2D eigenvalue weighted by Crippen LogP contribution is -2.41. The van der Waals surface area contributed by atoms with Crippen molar-refractivity contribution in [1.82, 2.24) is 20.2 Å². The van der Waals surface area contributed by atoms with E-state index in [1.165, 1.54) is 15.9 Å². The molecule has 1 aliphatic carbocycles.